The van der Waals surface area contributed by atoms with E-state index in [9.17, 15) is 0 Å². The molecular formula is C7H9N7. The van der Waals surface area contributed by atoms with Crippen LogP contribution in [-0.2, 0) is 0 Å². The third-order valence-corrected chi connectivity index (χ3v) is 1.55. The Labute approximate surface area is 80.0 Å². The number of rotatable bonds is 2. The van der Waals surface area contributed by atoms with Gasteiger partial charge < -0.3 is 0 Å². The van der Waals surface area contributed by atoms with Crippen molar-refractivity contribution in [3.8, 4) is 0 Å². The van der Waals surface area contributed by atoms with Gasteiger partial charge in [0.15, 0.2) is 0 Å². The van der Waals surface area contributed by atoms with E-state index in [0.717, 1.165) is 11.4 Å². The molecule has 0 spiro atoms. The Bertz CT molecular complexity index is 401. The van der Waals surface area contributed by atoms with Crippen molar-refractivity contribution in [3.05, 3.63) is 17.5 Å². The van der Waals surface area contributed by atoms with Crippen molar-refractivity contribution in [1.29, 1.82) is 0 Å². The molecule has 0 radical (unpaired) electrons. The molecule has 7 nitrogen and oxygen atoms in total. The molecule has 0 saturated carbocycles. The predicted molar refractivity (Wildman–Crippen MR) is 49.0 cm³/mol. The largest absolute Gasteiger partial charge is 0.290 e. The van der Waals surface area contributed by atoms with Gasteiger partial charge in [0, 0.05) is 11.4 Å². The van der Waals surface area contributed by atoms with E-state index in [1.165, 1.54) is 0 Å². The minimum atomic E-state index is 0.356. The van der Waals surface area contributed by atoms with Crippen LogP contribution in [0.2, 0.25) is 0 Å². The number of hydrogen-bond donors (Lipinski definition) is 2. The van der Waals surface area contributed by atoms with Crippen molar-refractivity contribution in [3.63, 3.8) is 0 Å². The average Bonchev–Trinajstić information content (AvgIpc) is 2.54. The van der Waals surface area contributed by atoms with Crippen LogP contribution in [0.4, 0.5) is 11.9 Å². The maximum atomic E-state index is 4.16. The molecule has 0 saturated heterocycles. The van der Waals surface area contributed by atoms with Crippen LogP contribution in [0.3, 0.4) is 0 Å². The second-order valence-corrected chi connectivity index (χ2v) is 2.83. The Morgan fingerprint density at radius 1 is 1.14 bits per heavy atom. The van der Waals surface area contributed by atoms with Gasteiger partial charge in [0.25, 0.3) is 5.95 Å². The zero-order chi connectivity index (χ0) is 9.97. The summed E-state index contributed by atoms with van der Waals surface area (Å²) in [7, 11) is 0. The van der Waals surface area contributed by atoms with Crippen LogP contribution in [0.25, 0.3) is 0 Å². The molecule has 0 aliphatic carbocycles. The highest BCUT2D eigenvalue weighted by atomic mass is 15.5. The molecule has 0 amide bonds. The van der Waals surface area contributed by atoms with Crippen LogP contribution in [0, 0.1) is 13.8 Å². The van der Waals surface area contributed by atoms with Gasteiger partial charge in [-0.05, 0) is 25.1 Å². The first-order chi connectivity index (χ1) is 6.74. The summed E-state index contributed by atoms with van der Waals surface area (Å²) in [4.78, 5) is 8.33. The average molecular weight is 191 g/mol. The van der Waals surface area contributed by atoms with Crippen LogP contribution >= 0.6 is 0 Å². The molecule has 0 aliphatic rings. The van der Waals surface area contributed by atoms with Crippen molar-refractivity contribution in [1.82, 2.24) is 30.6 Å². The zero-order valence-electron chi connectivity index (χ0n) is 7.81. The number of hydrogen-bond acceptors (Lipinski definition) is 6. The van der Waals surface area contributed by atoms with Gasteiger partial charge in [0.05, 0.1) is 0 Å². The van der Waals surface area contributed by atoms with Gasteiger partial charge >= 0.3 is 0 Å². The van der Waals surface area contributed by atoms with E-state index >= 15 is 0 Å². The van der Waals surface area contributed by atoms with E-state index in [0.29, 0.717) is 11.9 Å². The molecule has 2 rings (SSSR count). The molecule has 0 atom stereocenters. The van der Waals surface area contributed by atoms with Gasteiger partial charge in [-0.2, -0.15) is 5.21 Å². The molecule has 0 unspecified atom stereocenters. The summed E-state index contributed by atoms with van der Waals surface area (Å²) in [6.07, 6.45) is 0. The third-order valence-electron chi connectivity index (χ3n) is 1.55. The van der Waals surface area contributed by atoms with Gasteiger partial charge in [-0.3, -0.25) is 5.32 Å². The van der Waals surface area contributed by atoms with Gasteiger partial charge in [-0.1, -0.05) is 5.10 Å². The summed E-state index contributed by atoms with van der Waals surface area (Å²) < 4.78 is 0. The number of anilines is 2. The molecule has 2 aromatic heterocycles. The standard InChI is InChI=1S/C7H9N7/c1-4-3-5(2)9-6(8-4)10-7-11-13-14-12-7/h3H,1-2H3,(H2,8,9,10,11,12,13,14). The highest BCUT2D eigenvalue weighted by Gasteiger charge is 2.02. The molecule has 0 fully saturated rings. The summed E-state index contributed by atoms with van der Waals surface area (Å²) >= 11 is 0. The maximum absolute atomic E-state index is 4.16. The van der Waals surface area contributed by atoms with E-state index in [1.54, 1.807) is 0 Å². The summed E-state index contributed by atoms with van der Waals surface area (Å²) in [6.45, 7) is 3.80. The number of aromatic amines is 1. The number of aromatic nitrogens is 6. The van der Waals surface area contributed by atoms with Crippen molar-refractivity contribution in [2.45, 2.75) is 13.8 Å². The van der Waals surface area contributed by atoms with Gasteiger partial charge in [0.1, 0.15) is 0 Å². The summed E-state index contributed by atoms with van der Waals surface area (Å²) in [6, 6.07) is 1.89. The molecular weight excluding hydrogens is 182 g/mol. The van der Waals surface area contributed by atoms with Crippen molar-refractivity contribution in [2.24, 2.45) is 0 Å². The second-order valence-electron chi connectivity index (χ2n) is 2.83. The third kappa shape index (κ3) is 1.82. The number of tetrazole rings is 1. The molecule has 7 heteroatoms. The summed E-state index contributed by atoms with van der Waals surface area (Å²) in [5, 5.41) is 16.0. The fourth-order valence-electron chi connectivity index (χ4n) is 1.10. The molecule has 0 bridgehead atoms. The normalized spacial score (nSPS) is 10.1. The van der Waals surface area contributed by atoms with Crippen LogP contribution in [0.5, 0.6) is 0 Å². The highest BCUT2D eigenvalue weighted by Crippen LogP contribution is 2.07. The van der Waals surface area contributed by atoms with Gasteiger partial charge in [-0.25, -0.2) is 9.97 Å². The van der Waals surface area contributed by atoms with E-state index < -0.39 is 0 Å². The molecule has 14 heavy (non-hydrogen) atoms. The number of nitrogens with zero attached hydrogens (tertiary/aromatic N) is 5. The lowest BCUT2D eigenvalue weighted by molar-refractivity contribution is 0.881. The summed E-state index contributed by atoms with van der Waals surface area (Å²) in [5.41, 5.74) is 1.78. The fraction of sp³-hybridized carbons (Fsp3) is 0.286. The molecule has 2 aromatic rings. The first-order valence-corrected chi connectivity index (χ1v) is 4.07. The van der Waals surface area contributed by atoms with Crippen LogP contribution in [0.1, 0.15) is 11.4 Å². The SMILES string of the molecule is Cc1cc(C)nc(Nc2nn[nH]n2)n1. The molecule has 2 N–H and O–H groups in total. The Hall–Kier alpha value is -2.05. The Morgan fingerprint density at radius 3 is 2.43 bits per heavy atom. The van der Waals surface area contributed by atoms with Crippen molar-refractivity contribution >= 4 is 11.9 Å². The van der Waals surface area contributed by atoms with Crippen molar-refractivity contribution in [2.75, 3.05) is 5.32 Å². The summed E-state index contributed by atoms with van der Waals surface area (Å²) in [5.74, 6) is 0.832. The van der Waals surface area contributed by atoms with E-state index in [1.807, 2.05) is 19.9 Å². The monoisotopic (exact) mass is 191 g/mol. The highest BCUT2D eigenvalue weighted by molar-refractivity contribution is 5.41. The number of nitrogens with one attached hydrogen (secondary N) is 2. The Morgan fingerprint density at radius 2 is 1.86 bits per heavy atom. The lowest BCUT2D eigenvalue weighted by Gasteiger charge is -2.01. The quantitative estimate of drug-likeness (QED) is 0.711. The van der Waals surface area contributed by atoms with Gasteiger partial charge in [-0.15, -0.1) is 5.10 Å². The van der Waals surface area contributed by atoms with Crippen LogP contribution in [-0.4, -0.2) is 30.6 Å². The number of aryl methyl sites for hydroxylation is 2. The molecule has 0 aromatic carbocycles. The first kappa shape index (κ1) is 8.54. The lowest BCUT2D eigenvalue weighted by Crippen LogP contribution is -2.01. The minimum absolute atomic E-state index is 0.356. The molecule has 72 valence electrons. The van der Waals surface area contributed by atoms with Crippen molar-refractivity contribution < 1.29 is 0 Å². The van der Waals surface area contributed by atoms with E-state index in [2.05, 4.69) is 35.9 Å². The Kier molecular flexibility index (Phi) is 2.05. The zero-order valence-corrected chi connectivity index (χ0v) is 7.81. The predicted octanol–water partition coefficient (Wildman–Crippen LogP) is 0.350. The van der Waals surface area contributed by atoms with Crippen LogP contribution in [0.15, 0.2) is 6.07 Å². The maximum Gasteiger partial charge on any atom is 0.269 e. The molecule has 2 heterocycles. The second kappa shape index (κ2) is 3.36. The van der Waals surface area contributed by atoms with Gasteiger partial charge in [0.2, 0.25) is 5.95 Å². The number of H-pyrrole nitrogens is 1. The first-order valence-electron chi connectivity index (χ1n) is 4.07. The minimum Gasteiger partial charge on any atom is -0.290 e. The smallest absolute Gasteiger partial charge is 0.269 e. The van der Waals surface area contributed by atoms with E-state index in [-0.39, 0.29) is 0 Å². The topological polar surface area (TPSA) is 92.3 Å². The van der Waals surface area contributed by atoms with Crippen LogP contribution < -0.4 is 5.32 Å². The lowest BCUT2D eigenvalue weighted by atomic mass is 10.4. The fourth-order valence-corrected chi connectivity index (χ4v) is 1.10. The Balaban J connectivity index is 2.25. The molecule has 0 aliphatic heterocycles. The van der Waals surface area contributed by atoms with E-state index in [4.69, 9.17) is 0 Å².